The van der Waals surface area contributed by atoms with Gasteiger partial charge in [-0.2, -0.15) is 0 Å². The minimum Gasteiger partial charge on any atom is -0.404 e. The molecule has 4 aliphatic carbocycles. The highest BCUT2D eigenvalue weighted by molar-refractivity contribution is 6.48. The van der Waals surface area contributed by atoms with Crippen LogP contribution in [0.15, 0.2) is 31.2 Å². The van der Waals surface area contributed by atoms with Gasteiger partial charge >= 0.3 is 7.12 Å². The summed E-state index contributed by atoms with van der Waals surface area (Å²) in [4.78, 5) is 66.7. The number of amides is 4. The van der Waals surface area contributed by atoms with E-state index in [1.54, 1.807) is 11.0 Å². The summed E-state index contributed by atoms with van der Waals surface area (Å²) in [5.41, 5.74) is -1.40. The minimum absolute atomic E-state index is 0.0273. The number of likely N-dealkylation sites (tertiary alicyclic amines) is 1. The van der Waals surface area contributed by atoms with Gasteiger partial charge in [-0.1, -0.05) is 79.7 Å². The monoisotopic (exact) mass is 746 g/mol. The molecule has 2 aliphatic heterocycles. The molecule has 54 heavy (non-hydrogen) atoms. The van der Waals surface area contributed by atoms with E-state index in [1.807, 2.05) is 27.7 Å². The molecule has 6 fully saturated rings. The van der Waals surface area contributed by atoms with Crippen LogP contribution in [0.2, 0.25) is 0 Å². The van der Waals surface area contributed by atoms with E-state index < -0.39 is 48.1 Å². The van der Waals surface area contributed by atoms with Crippen molar-refractivity contribution in [3.05, 3.63) is 36.9 Å². The highest BCUT2D eigenvalue weighted by Crippen LogP contribution is 2.65. The Morgan fingerprint density at radius 3 is 2.41 bits per heavy atom. The molecule has 4 amide bonds. The van der Waals surface area contributed by atoms with E-state index >= 15 is 0 Å². The molecule has 1 aromatic rings. The van der Waals surface area contributed by atoms with Crippen molar-refractivity contribution in [1.29, 1.82) is 0 Å². The van der Waals surface area contributed by atoms with Crippen LogP contribution in [0.4, 0.5) is 0 Å². The predicted octanol–water partition coefficient (Wildman–Crippen LogP) is 5.03. The molecule has 8 atom stereocenters. The predicted molar refractivity (Wildman–Crippen MR) is 207 cm³/mol. The number of carbonyl (C=O) groups excluding carboxylic acids is 4. The average molecular weight is 747 g/mol. The van der Waals surface area contributed by atoms with Gasteiger partial charge in [0.1, 0.15) is 23.3 Å². The number of nitrogens with zero attached hydrogens (tertiary/aromatic N) is 3. The number of hydrogen-bond acceptors (Lipinski definition) is 8. The van der Waals surface area contributed by atoms with Gasteiger partial charge in [-0.05, 0) is 80.5 Å². The van der Waals surface area contributed by atoms with Gasteiger partial charge in [0, 0.05) is 18.9 Å². The Bertz CT molecular complexity index is 1550. The fourth-order valence-electron chi connectivity index (χ4n) is 10.4. The third-order valence-corrected chi connectivity index (χ3v) is 14.0. The van der Waals surface area contributed by atoms with Crippen molar-refractivity contribution >= 4 is 30.7 Å². The second-order valence-electron chi connectivity index (χ2n) is 18.2. The second-order valence-corrected chi connectivity index (χ2v) is 18.2. The maximum atomic E-state index is 15.0. The van der Waals surface area contributed by atoms with Crippen LogP contribution in [0.25, 0.3) is 0 Å². The normalized spacial score (nSPS) is 30.9. The fraction of sp³-hybridized carbons (Fsp3) is 0.756. The van der Waals surface area contributed by atoms with Crippen molar-refractivity contribution in [3.8, 4) is 0 Å². The molecule has 3 heterocycles. The highest BCUT2D eigenvalue weighted by Gasteiger charge is 2.68. The van der Waals surface area contributed by atoms with Crippen molar-refractivity contribution in [2.45, 2.75) is 154 Å². The Balaban J connectivity index is 1.23. The lowest BCUT2D eigenvalue weighted by atomic mass is 9.43. The first-order valence-corrected chi connectivity index (χ1v) is 20.6. The Hall–Kier alpha value is -3.32. The van der Waals surface area contributed by atoms with Crippen molar-refractivity contribution in [3.63, 3.8) is 0 Å². The average Bonchev–Trinajstić information content (AvgIpc) is 3.51. The zero-order chi connectivity index (χ0) is 39.0. The largest absolute Gasteiger partial charge is 0.482 e. The number of carbonyl (C=O) groups is 4. The molecule has 13 heteroatoms. The Morgan fingerprint density at radius 2 is 1.78 bits per heavy atom. The number of rotatable bonds is 14. The molecule has 0 radical (unpaired) electrons. The summed E-state index contributed by atoms with van der Waals surface area (Å²) in [5.74, 6) is -1.18. The third-order valence-electron chi connectivity index (χ3n) is 14.0. The molecule has 4 saturated carbocycles. The summed E-state index contributed by atoms with van der Waals surface area (Å²) in [5, 5.41) is 9.26. The smallest absolute Gasteiger partial charge is 0.404 e. The lowest BCUT2D eigenvalue weighted by molar-refractivity contribution is -0.199. The molecule has 0 aromatic carbocycles. The standard InChI is InChI=1S/C41H63BN6O6/c1-9-14-33(42-53-32-23-28-22-31(39(28,6)7)40(32,8)54-42)45-36(50)30(21-27-15-11-10-12-16-27)48-20-13-17-41(26(4)5,38(48)52)47-37(51)34(25(2)3)46-35(49)29-24-43-18-19-44-29/h9,18-19,24-28,30-34H,1,10-17,20-23H2,2-8H3,(H,45,50)(H,46,49)(H,47,51)/t28-,30+,31-,32?,33+,34+,40+,41?/m1/s1. The number of hydrogen-bond donors (Lipinski definition) is 3. The maximum Gasteiger partial charge on any atom is 0.482 e. The van der Waals surface area contributed by atoms with Gasteiger partial charge in [0.05, 0.1) is 23.8 Å². The van der Waals surface area contributed by atoms with Crippen molar-refractivity contribution in [2.75, 3.05) is 6.54 Å². The molecular formula is C41H63BN6O6. The zero-order valence-electron chi connectivity index (χ0n) is 33.6. The molecule has 1 aromatic heterocycles. The lowest BCUT2D eigenvalue weighted by Gasteiger charge is -2.64. The van der Waals surface area contributed by atoms with E-state index in [4.69, 9.17) is 9.31 Å². The van der Waals surface area contributed by atoms with Crippen molar-refractivity contribution < 1.29 is 28.5 Å². The zero-order valence-corrected chi connectivity index (χ0v) is 33.6. The summed E-state index contributed by atoms with van der Waals surface area (Å²) >= 11 is 0. The van der Waals surface area contributed by atoms with Crippen LogP contribution in [0.1, 0.15) is 130 Å². The molecule has 2 bridgehead atoms. The van der Waals surface area contributed by atoms with Crippen LogP contribution >= 0.6 is 0 Å². The quantitative estimate of drug-likeness (QED) is 0.177. The Kier molecular flexibility index (Phi) is 12.0. The van der Waals surface area contributed by atoms with E-state index in [0.717, 1.165) is 38.5 Å². The van der Waals surface area contributed by atoms with Crippen LogP contribution in [0, 0.1) is 35.0 Å². The van der Waals surface area contributed by atoms with Crippen LogP contribution in [0.3, 0.4) is 0 Å². The van der Waals surface area contributed by atoms with Crippen molar-refractivity contribution in [2.24, 2.45) is 35.0 Å². The van der Waals surface area contributed by atoms with Crippen LogP contribution in [-0.4, -0.2) is 87.4 Å². The van der Waals surface area contributed by atoms with Gasteiger partial charge in [-0.3, -0.25) is 24.2 Å². The SMILES string of the molecule is C=CC[C@H](NC(=O)[C@H](CC1CCCCC1)N1CCCC(NC(=O)[C@@H](NC(=O)c2cnccn2)C(C)C)(C(C)C)C1=O)B1OC2C[C@H]3C[C@H](C3(C)C)[C@]2(C)O1. The third kappa shape index (κ3) is 7.60. The molecule has 12 nitrogen and oxygen atoms in total. The first-order valence-electron chi connectivity index (χ1n) is 20.6. The van der Waals surface area contributed by atoms with Gasteiger partial charge in [-0.25, -0.2) is 4.98 Å². The summed E-state index contributed by atoms with van der Waals surface area (Å²) in [6.07, 6.45) is 15.6. The Labute approximate surface area is 322 Å². The summed E-state index contributed by atoms with van der Waals surface area (Å²) in [6, 6.07) is -1.65. The molecular weight excluding hydrogens is 683 g/mol. The molecule has 0 spiro atoms. The fourth-order valence-corrected chi connectivity index (χ4v) is 10.4. The number of piperidine rings is 1. The molecule has 2 saturated heterocycles. The molecule has 2 unspecified atom stereocenters. The summed E-state index contributed by atoms with van der Waals surface area (Å²) in [6.45, 7) is 18.8. The van der Waals surface area contributed by atoms with E-state index in [0.29, 0.717) is 50.0 Å². The molecule has 3 N–H and O–H groups in total. The number of nitrogens with one attached hydrogen (secondary N) is 3. The second kappa shape index (κ2) is 16.0. The topological polar surface area (TPSA) is 152 Å². The number of aromatic nitrogens is 2. The van der Waals surface area contributed by atoms with E-state index in [2.05, 4.69) is 53.3 Å². The minimum atomic E-state index is -1.26. The lowest BCUT2D eigenvalue weighted by Crippen LogP contribution is -2.70. The molecule has 6 aliphatic rings. The van der Waals surface area contributed by atoms with Crippen LogP contribution in [-0.2, 0) is 23.7 Å². The Morgan fingerprint density at radius 1 is 1.04 bits per heavy atom. The van der Waals surface area contributed by atoms with E-state index in [1.165, 1.54) is 25.0 Å². The van der Waals surface area contributed by atoms with Gasteiger partial charge in [0.25, 0.3) is 5.91 Å². The van der Waals surface area contributed by atoms with Gasteiger partial charge in [-0.15, -0.1) is 6.58 Å². The van der Waals surface area contributed by atoms with Crippen molar-refractivity contribution in [1.82, 2.24) is 30.8 Å². The first-order chi connectivity index (χ1) is 25.6. The van der Waals surface area contributed by atoms with Gasteiger partial charge in [0.2, 0.25) is 17.7 Å². The summed E-state index contributed by atoms with van der Waals surface area (Å²) < 4.78 is 13.4. The first kappa shape index (κ1) is 40.4. The van der Waals surface area contributed by atoms with Gasteiger partial charge in [0.15, 0.2) is 0 Å². The molecule has 296 valence electrons. The van der Waals surface area contributed by atoms with E-state index in [9.17, 15) is 19.2 Å². The van der Waals surface area contributed by atoms with Crippen LogP contribution in [0.5, 0.6) is 0 Å². The maximum absolute atomic E-state index is 15.0. The highest BCUT2D eigenvalue weighted by atomic mass is 16.7. The molecule has 7 rings (SSSR count). The van der Waals surface area contributed by atoms with Crippen LogP contribution < -0.4 is 16.0 Å². The van der Waals surface area contributed by atoms with Gasteiger partial charge < -0.3 is 30.2 Å². The van der Waals surface area contributed by atoms with E-state index in [-0.39, 0.29) is 40.9 Å². The summed E-state index contributed by atoms with van der Waals surface area (Å²) in [7, 11) is -0.622.